The monoisotopic (exact) mass is 799 g/mol. The van der Waals surface area contributed by atoms with Crippen LogP contribution in [0, 0.1) is 0 Å². The molecule has 12 rings (SSSR count). The molecule has 0 unspecified atom stereocenters. The highest BCUT2D eigenvalue weighted by molar-refractivity contribution is 7.26. The number of thiophene rings is 2. The first-order chi connectivity index (χ1) is 29.7. The molecule has 3 nitrogen and oxygen atoms in total. The number of aromatic nitrogens is 3. The van der Waals surface area contributed by atoms with Crippen molar-refractivity contribution in [1.82, 2.24) is 15.0 Å². The lowest BCUT2D eigenvalue weighted by atomic mass is 9.94. The highest BCUT2D eigenvalue weighted by atomic mass is 32.1. The van der Waals surface area contributed by atoms with E-state index < -0.39 is 0 Å². The summed E-state index contributed by atoms with van der Waals surface area (Å²) in [5.41, 5.74) is 11.6. The van der Waals surface area contributed by atoms with Crippen LogP contribution in [-0.2, 0) is 0 Å². The molecule has 0 spiro atoms. The van der Waals surface area contributed by atoms with Gasteiger partial charge in [-0.3, -0.25) is 4.98 Å². The Kier molecular flexibility index (Phi) is 8.22. The van der Waals surface area contributed by atoms with Gasteiger partial charge in [0.25, 0.3) is 0 Å². The van der Waals surface area contributed by atoms with Crippen LogP contribution >= 0.6 is 22.7 Å². The van der Waals surface area contributed by atoms with Crippen LogP contribution in [0.4, 0.5) is 0 Å². The van der Waals surface area contributed by atoms with Gasteiger partial charge in [-0.05, 0) is 93.9 Å². The first-order valence-electron chi connectivity index (χ1n) is 20.1. The number of rotatable bonds is 6. The zero-order valence-electron chi connectivity index (χ0n) is 32.2. The van der Waals surface area contributed by atoms with Crippen molar-refractivity contribution in [3.63, 3.8) is 0 Å². The van der Waals surface area contributed by atoms with Crippen molar-refractivity contribution in [2.45, 2.75) is 0 Å². The van der Waals surface area contributed by atoms with Gasteiger partial charge in [0.1, 0.15) is 0 Å². The highest BCUT2D eigenvalue weighted by Crippen LogP contribution is 2.41. The second kappa shape index (κ2) is 14.2. The largest absolute Gasteiger partial charge is 0.263 e. The van der Waals surface area contributed by atoms with Crippen LogP contribution in [0.1, 0.15) is 0 Å². The average molecular weight is 800 g/mol. The van der Waals surface area contributed by atoms with E-state index in [0.29, 0.717) is 5.82 Å². The van der Waals surface area contributed by atoms with Crippen molar-refractivity contribution >= 4 is 73.8 Å². The van der Waals surface area contributed by atoms with Crippen LogP contribution in [0.15, 0.2) is 200 Å². The summed E-state index contributed by atoms with van der Waals surface area (Å²) < 4.78 is 5.18. The molecule has 4 heterocycles. The van der Waals surface area contributed by atoms with Gasteiger partial charge in [-0.15, -0.1) is 22.7 Å². The quantitative estimate of drug-likeness (QED) is 0.168. The minimum absolute atomic E-state index is 0.681. The molecule has 0 amide bonds. The third kappa shape index (κ3) is 6.06. The van der Waals surface area contributed by atoms with E-state index in [1.807, 2.05) is 41.1 Å². The second-order valence-corrected chi connectivity index (χ2v) is 17.4. The standard InChI is InChI=1S/C55H33N3S2/c1-2-10-35(11-3-1)49-31-50(36-20-18-34(19-21-36)48-33-56-32-39-12-4-5-13-43(39)48)58-55(57-49)42-27-40(37-22-24-53-46(29-37)44-14-6-8-16-51(44)59-53)26-41(28-42)38-23-25-54-47(30-38)45-15-7-9-17-52(45)60-54/h1-33H. The maximum absolute atomic E-state index is 5.37. The Labute approximate surface area is 354 Å². The van der Waals surface area contributed by atoms with E-state index in [2.05, 4.69) is 187 Å². The predicted molar refractivity (Wildman–Crippen MR) is 256 cm³/mol. The summed E-state index contributed by atoms with van der Waals surface area (Å²) in [6, 6.07) is 67.7. The number of hydrogen-bond acceptors (Lipinski definition) is 5. The van der Waals surface area contributed by atoms with Crippen LogP contribution in [0.3, 0.4) is 0 Å². The fourth-order valence-corrected chi connectivity index (χ4v) is 10.7. The first-order valence-corrected chi connectivity index (χ1v) is 21.7. The molecule has 280 valence electrons. The summed E-state index contributed by atoms with van der Waals surface area (Å²) in [4.78, 5) is 15.2. The minimum atomic E-state index is 0.681. The normalized spacial score (nSPS) is 11.7. The molecule has 0 aliphatic carbocycles. The van der Waals surface area contributed by atoms with Crippen LogP contribution in [0.25, 0.3) is 118 Å². The lowest BCUT2D eigenvalue weighted by Gasteiger charge is -2.14. The Morgan fingerprint density at radius 1 is 0.300 bits per heavy atom. The summed E-state index contributed by atoms with van der Waals surface area (Å²) in [6.45, 7) is 0. The van der Waals surface area contributed by atoms with Crippen LogP contribution in [0.2, 0.25) is 0 Å². The van der Waals surface area contributed by atoms with Crippen molar-refractivity contribution in [2.75, 3.05) is 0 Å². The van der Waals surface area contributed by atoms with Gasteiger partial charge in [-0.25, -0.2) is 9.97 Å². The van der Waals surface area contributed by atoms with E-state index in [4.69, 9.17) is 9.97 Å². The third-order valence-electron chi connectivity index (χ3n) is 11.6. The van der Waals surface area contributed by atoms with Gasteiger partial charge < -0.3 is 0 Å². The highest BCUT2D eigenvalue weighted by Gasteiger charge is 2.16. The number of nitrogens with zero attached hydrogens (tertiary/aromatic N) is 3. The molecule has 0 saturated heterocycles. The molecule has 0 atom stereocenters. The van der Waals surface area contributed by atoms with E-state index in [1.54, 1.807) is 0 Å². The SMILES string of the molecule is c1ccc(-c2cc(-c3ccc(-c4cncc5ccccc45)cc3)nc(-c3cc(-c4ccc5sc6ccccc6c5c4)cc(-c4ccc5sc6ccccc6c5c4)c3)n2)cc1. The van der Waals surface area contributed by atoms with Crippen LogP contribution in [-0.4, -0.2) is 15.0 Å². The molecule has 0 N–H and O–H groups in total. The summed E-state index contributed by atoms with van der Waals surface area (Å²) in [5.74, 6) is 0.681. The third-order valence-corrected chi connectivity index (χ3v) is 13.9. The Morgan fingerprint density at radius 2 is 0.783 bits per heavy atom. The molecular weight excluding hydrogens is 767 g/mol. The van der Waals surface area contributed by atoms with Crippen molar-refractivity contribution in [2.24, 2.45) is 0 Å². The van der Waals surface area contributed by atoms with E-state index in [9.17, 15) is 0 Å². The van der Waals surface area contributed by atoms with Gasteiger partial charge >= 0.3 is 0 Å². The van der Waals surface area contributed by atoms with E-state index in [0.717, 1.165) is 66.8 Å². The molecule has 0 radical (unpaired) electrons. The van der Waals surface area contributed by atoms with Gasteiger partial charge in [-0.2, -0.15) is 0 Å². The van der Waals surface area contributed by atoms with Crippen molar-refractivity contribution in [3.05, 3.63) is 200 Å². The molecule has 8 aromatic carbocycles. The zero-order chi connectivity index (χ0) is 39.6. The van der Waals surface area contributed by atoms with Crippen LogP contribution < -0.4 is 0 Å². The second-order valence-electron chi connectivity index (χ2n) is 15.2. The van der Waals surface area contributed by atoms with Crippen LogP contribution in [0.5, 0.6) is 0 Å². The summed E-state index contributed by atoms with van der Waals surface area (Å²) in [5, 5.41) is 7.44. The summed E-state index contributed by atoms with van der Waals surface area (Å²) in [7, 11) is 0. The van der Waals surface area contributed by atoms with E-state index >= 15 is 0 Å². The van der Waals surface area contributed by atoms with Gasteiger partial charge in [0.2, 0.25) is 0 Å². The first kappa shape index (κ1) is 34.7. The Hall–Kier alpha value is -7.31. The molecule has 0 bridgehead atoms. The van der Waals surface area contributed by atoms with E-state index in [-0.39, 0.29) is 0 Å². The maximum atomic E-state index is 5.37. The van der Waals surface area contributed by atoms with E-state index in [1.165, 1.54) is 45.7 Å². The number of benzene rings is 8. The fourth-order valence-electron chi connectivity index (χ4n) is 8.55. The van der Waals surface area contributed by atoms with Crippen molar-refractivity contribution in [3.8, 4) is 67.3 Å². The lowest BCUT2D eigenvalue weighted by molar-refractivity contribution is 1.18. The molecule has 0 aliphatic rings. The van der Waals surface area contributed by atoms with Crippen molar-refractivity contribution < 1.29 is 0 Å². The Bertz CT molecular complexity index is 3470. The van der Waals surface area contributed by atoms with Gasteiger partial charge in [0, 0.05) is 80.4 Å². The maximum Gasteiger partial charge on any atom is 0.160 e. The predicted octanol–water partition coefficient (Wildman–Crippen LogP) is 15.8. The summed E-state index contributed by atoms with van der Waals surface area (Å²) >= 11 is 3.69. The minimum Gasteiger partial charge on any atom is -0.263 e. The summed E-state index contributed by atoms with van der Waals surface area (Å²) in [6.07, 6.45) is 3.88. The Morgan fingerprint density at radius 3 is 1.42 bits per heavy atom. The number of pyridine rings is 1. The molecule has 60 heavy (non-hydrogen) atoms. The average Bonchev–Trinajstić information content (AvgIpc) is 3.89. The molecule has 5 heteroatoms. The molecule has 4 aromatic heterocycles. The molecule has 0 saturated carbocycles. The lowest BCUT2D eigenvalue weighted by Crippen LogP contribution is -1.97. The molecule has 0 fully saturated rings. The van der Waals surface area contributed by atoms with Gasteiger partial charge in [-0.1, -0.05) is 127 Å². The zero-order valence-corrected chi connectivity index (χ0v) is 33.8. The molecule has 12 aromatic rings. The molecular formula is C55H33N3S2. The molecule has 0 aliphatic heterocycles. The van der Waals surface area contributed by atoms with Gasteiger partial charge in [0.15, 0.2) is 5.82 Å². The topological polar surface area (TPSA) is 38.7 Å². The fraction of sp³-hybridized carbons (Fsp3) is 0. The van der Waals surface area contributed by atoms with Crippen molar-refractivity contribution in [1.29, 1.82) is 0 Å². The number of hydrogen-bond donors (Lipinski definition) is 0. The van der Waals surface area contributed by atoms with Gasteiger partial charge in [0.05, 0.1) is 11.4 Å². The number of fused-ring (bicyclic) bond motifs is 7. The Balaban J connectivity index is 1.04. The smallest absolute Gasteiger partial charge is 0.160 e.